The van der Waals surface area contributed by atoms with Crippen molar-refractivity contribution in [2.24, 2.45) is 0 Å². The number of fused-ring (bicyclic) bond motifs is 2. The molecule has 0 aliphatic carbocycles. The van der Waals surface area contributed by atoms with Gasteiger partial charge in [-0.2, -0.15) is 0 Å². The molecule has 0 fully saturated rings. The number of aliphatic hydroxyl groups is 1. The second-order valence-electron chi connectivity index (χ2n) is 8.30. The molecule has 0 bridgehead atoms. The van der Waals surface area contributed by atoms with Crippen molar-refractivity contribution in [3.05, 3.63) is 71.8 Å². The first-order valence-corrected chi connectivity index (χ1v) is 11.5. The summed E-state index contributed by atoms with van der Waals surface area (Å²) in [4.78, 5) is 25.7. The maximum Gasteiger partial charge on any atom is 0.336 e. The molecule has 5 aromatic rings. The van der Waals surface area contributed by atoms with E-state index in [1.54, 1.807) is 6.07 Å². The third kappa shape index (κ3) is 4.14. The van der Waals surface area contributed by atoms with Crippen LogP contribution in [-0.2, 0) is 9.47 Å². The highest BCUT2D eigenvalue weighted by Gasteiger charge is 2.25. The monoisotopic (exact) mass is 471 g/mol. The molecule has 0 radical (unpaired) electrons. The molecule has 0 aliphatic heterocycles. The molecule has 0 atom stereocenters. The van der Waals surface area contributed by atoms with Gasteiger partial charge in [0.15, 0.2) is 0 Å². The van der Waals surface area contributed by atoms with Crippen LogP contribution in [0, 0.1) is 0 Å². The van der Waals surface area contributed by atoms with Crippen LogP contribution in [0.15, 0.2) is 60.7 Å². The van der Waals surface area contributed by atoms with Gasteiger partial charge in [-0.1, -0.05) is 54.6 Å². The minimum absolute atomic E-state index is 0.0307. The Morgan fingerprint density at radius 1 is 0.743 bits per heavy atom. The van der Waals surface area contributed by atoms with Crippen LogP contribution in [0.3, 0.4) is 0 Å². The number of hydrogen-bond acceptors (Lipinski definition) is 5. The zero-order valence-electron chi connectivity index (χ0n) is 19.0. The molecule has 35 heavy (non-hydrogen) atoms. The molecule has 0 spiro atoms. The largest absolute Gasteiger partial charge is 0.478 e. The number of aromatic carboxylic acids is 1. The number of hydrogen-bond donors (Lipinski definition) is 3. The van der Waals surface area contributed by atoms with Gasteiger partial charge in [0, 0.05) is 11.9 Å². The van der Waals surface area contributed by atoms with Gasteiger partial charge in [-0.25, -0.2) is 4.79 Å². The molecule has 0 unspecified atom stereocenters. The Morgan fingerprint density at radius 2 is 1.37 bits per heavy atom. The van der Waals surface area contributed by atoms with E-state index in [2.05, 4.69) is 11.4 Å². The van der Waals surface area contributed by atoms with Gasteiger partial charge in [0.2, 0.25) is 0 Å². The quantitative estimate of drug-likeness (QED) is 0.160. The summed E-state index contributed by atoms with van der Waals surface area (Å²) in [6.07, 6.45) is 0. The number of carbonyl (C=O) groups is 2. The fourth-order valence-electron chi connectivity index (χ4n) is 4.84. The van der Waals surface area contributed by atoms with Crippen molar-refractivity contribution >= 4 is 55.0 Å². The van der Waals surface area contributed by atoms with Crippen LogP contribution >= 0.6 is 0 Å². The first-order valence-electron chi connectivity index (χ1n) is 11.5. The summed E-state index contributed by atoms with van der Waals surface area (Å²) in [6, 6.07) is 19.4. The van der Waals surface area contributed by atoms with Crippen molar-refractivity contribution in [3.63, 3.8) is 0 Å². The van der Waals surface area contributed by atoms with Gasteiger partial charge < -0.3 is 25.0 Å². The average molecular weight is 472 g/mol. The zero-order valence-corrected chi connectivity index (χ0v) is 19.0. The van der Waals surface area contributed by atoms with Crippen LogP contribution in [0.25, 0.3) is 43.1 Å². The van der Waals surface area contributed by atoms with Crippen molar-refractivity contribution in [1.29, 1.82) is 0 Å². The van der Waals surface area contributed by atoms with Gasteiger partial charge in [0.25, 0.3) is 5.91 Å². The van der Waals surface area contributed by atoms with Crippen molar-refractivity contribution in [1.82, 2.24) is 5.32 Å². The van der Waals surface area contributed by atoms with E-state index in [0.717, 1.165) is 37.7 Å². The highest BCUT2D eigenvalue weighted by Crippen LogP contribution is 2.42. The minimum Gasteiger partial charge on any atom is -0.478 e. The van der Waals surface area contributed by atoms with Crippen molar-refractivity contribution in [2.45, 2.75) is 0 Å². The minimum atomic E-state index is -1.15. The molecule has 0 aliphatic rings. The Balaban J connectivity index is 1.60. The van der Waals surface area contributed by atoms with Gasteiger partial charge in [-0.15, -0.1) is 0 Å². The number of benzene rings is 5. The standard InChI is InChI=1S/C28H25NO6/c30-11-13-35-15-14-34-12-10-29-27(31)26-22(28(32)33)16-18-6-3-8-20-19-7-1-4-17-5-2-9-21(23(17)19)25(26)24(18)20/h1-9,16,30H,10-15H2,(H,29,31)(H,32,33). The smallest absolute Gasteiger partial charge is 0.336 e. The SMILES string of the molecule is O=C(O)c1cc2cccc3c4cccc5cccc(c(c1C(=O)NCCOCCOCCO)c23)c54. The van der Waals surface area contributed by atoms with Crippen molar-refractivity contribution in [2.75, 3.05) is 39.6 Å². The molecule has 7 heteroatoms. The molecule has 178 valence electrons. The first kappa shape index (κ1) is 23.0. The van der Waals surface area contributed by atoms with Gasteiger partial charge >= 0.3 is 5.97 Å². The number of amides is 1. The Kier molecular flexibility index (Phi) is 6.46. The maximum atomic E-state index is 13.5. The number of nitrogens with one attached hydrogen (secondary N) is 1. The van der Waals surface area contributed by atoms with Gasteiger partial charge in [0.05, 0.1) is 44.2 Å². The highest BCUT2D eigenvalue weighted by atomic mass is 16.5. The van der Waals surface area contributed by atoms with Gasteiger partial charge in [-0.05, 0) is 43.8 Å². The number of carboxylic acids is 1. The molecule has 0 saturated carbocycles. The summed E-state index contributed by atoms with van der Waals surface area (Å²) in [5.41, 5.74) is 0.127. The third-order valence-corrected chi connectivity index (χ3v) is 6.23. The van der Waals surface area contributed by atoms with Crippen LogP contribution in [0.1, 0.15) is 20.7 Å². The number of carbonyl (C=O) groups excluding carboxylic acids is 1. The van der Waals surface area contributed by atoms with E-state index in [1.807, 2.05) is 48.5 Å². The van der Waals surface area contributed by atoms with E-state index in [4.69, 9.17) is 14.6 Å². The van der Waals surface area contributed by atoms with Gasteiger partial charge in [0.1, 0.15) is 0 Å². The first-order chi connectivity index (χ1) is 17.1. The Morgan fingerprint density at radius 3 is 2.06 bits per heavy atom. The molecule has 7 nitrogen and oxygen atoms in total. The molecule has 0 saturated heterocycles. The predicted octanol–water partition coefficient (Wildman–Crippen LogP) is 4.19. The number of ether oxygens (including phenoxy) is 2. The lowest BCUT2D eigenvalue weighted by Crippen LogP contribution is -2.29. The van der Waals surface area contributed by atoms with Gasteiger partial charge in [-0.3, -0.25) is 4.79 Å². The Hall–Kier alpha value is -3.78. The van der Waals surface area contributed by atoms with E-state index in [1.165, 1.54) is 0 Å². The van der Waals surface area contributed by atoms with E-state index < -0.39 is 11.9 Å². The van der Waals surface area contributed by atoms with Crippen LogP contribution in [0.5, 0.6) is 0 Å². The van der Waals surface area contributed by atoms with E-state index >= 15 is 0 Å². The lowest BCUT2D eigenvalue weighted by molar-refractivity contribution is 0.0338. The number of aliphatic hydroxyl groups excluding tert-OH is 1. The Labute approximate surface area is 201 Å². The fraction of sp³-hybridized carbons (Fsp3) is 0.214. The normalized spacial score (nSPS) is 11.7. The fourth-order valence-corrected chi connectivity index (χ4v) is 4.84. The number of carboxylic acid groups (broad SMARTS) is 1. The lowest BCUT2D eigenvalue weighted by Gasteiger charge is -2.18. The molecule has 0 heterocycles. The Bertz CT molecular complexity index is 1540. The molecular weight excluding hydrogens is 446 g/mol. The second kappa shape index (κ2) is 9.84. The zero-order chi connectivity index (χ0) is 24.4. The summed E-state index contributed by atoms with van der Waals surface area (Å²) >= 11 is 0. The molecule has 0 aromatic heterocycles. The van der Waals surface area contributed by atoms with Crippen LogP contribution in [-0.4, -0.2) is 61.7 Å². The topological polar surface area (TPSA) is 105 Å². The van der Waals surface area contributed by atoms with E-state index in [0.29, 0.717) is 18.6 Å². The molecule has 1 amide bonds. The third-order valence-electron chi connectivity index (χ3n) is 6.23. The van der Waals surface area contributed by atoms with E-state index in [9.17, 15) is 14.7 Å². The van der Waals surface area contributed by atoms with Crippen molar-refractivity contribution < 1.29 is 29.3 Å². The average Bonchev–Trinajstić information content (AvgIpc) is 2.87. The summed E-state index contributed by atoms with van der Waals surface area (Å²) in [7, 11) is 0. The second-order valence-corrected chi connectivity index (χ2v) is 8.30. The number of rotatable bonds is 10. The highest BCUT2D eigenvalue weighted by molar-refractivity contribution is 6.37. The molecule has 5 aromatic carbocycles. The summed E-state index contributed by atoms with van der Waals surface area (Å²) in [5.74, 6) is -1.60. The summed E-state index contributed by atoms with van der Waals surface area (Å²) in [6.45, 7) is 1.36. The predicted molar refractivity (Wildman–Crippen MR) is 136 cm³/mol. The molecular formula is C28H25NO6. The van der Waals surface area contributed by atoms with E-state index in [-0.39, 0.29) is 37.5 Å². The lowest BCUT2D eigenvalue weighted by atomic mass is 9.85. The van der Waals surface area contributed by atoms with Crippen LogP contribution in [0.2, 0.25) is 0 Å². The summed E-state index contributed by atoms with van der Waals surface area (Å²) < 4.78 is 10.6. The van der Waals surface area contributed by atoms with Crippen molar-refractivity contribution in [3.8, 4) is 0 Å². The van der Waals surface area contributed by atoms with Crippen LogP contribution < -0.4 is 5.32 Å². The molecule has 5 rings (SSSR count). The maximum absolute atomic E-state index is 13.5. The summed E-state index contributed by atoms with van der Waals surface area (Å²) in [5, 5.41) is 28.9. The molecule has 3 N–H and O–H groups in total. The van der Waals surface area contributed by atoms with Crippen LogP contribution in [0.4, 0.5) is 0 Å².